The van der Waals surface area contributed by atoms with Gasteiger partial charge in [0.2, 0.25) is 0 Å². The summed E-state index contributed by atoms with van der Waals surface area (Å²) < 4.78 is 6.27. The average Bonchev–Trinajstić information content (AvgIpc) is 2.54. The zero-order chi connectivity index (χ0) is 15.6. The van der Waals surface area contributed by atoms with Gasteiger partial charge < -0.3 is 4.74 Å². The van der Waals surface area contributed by atoms with Crippen molar-refractivity contribution in [1.29, 1.82) is 0 Å². The molecule has 0 heterocycles. The van der Waals surface area contributed by atoms with Crippen LogP contribution in [0.4, 0.5) is 10.5 Å². The van der Waals surface area contributed by atoms with Crippen molar-refractivity contribution in [3.63, 3.8) is 0 Å². The Balaban J connectivity index is 2.25. The van der Waals surface area contributed by atoms with Gasteiger partial charge in [-0.15, -0.1) is 0 Å². The molecule has 4 nitrogen and oxygen atoms in total. The lowest BCUT2D eigenvalue weighted by molar-refractivity contribution is -0.118. The Labute approximate surface area is 133 Å². The first kappa shape index (κ1) is 16.0. The van der Waals surface area contributed by atoms with Gasteiger partial charge in [0.1, 0.15) is 11.4 Å². The molecule has 0 fully saturated rings. The molecule has 0 unspecified atom stereocenters. The van der Waals surface area contributed by atoms with Gasteiger partial charge in [-0.2, -0.15) is 0 Å². The number of ether oxygens (including phenoxy) is 1. The van der Waals surface area contributed by atoms with Crippen LogP contribution in [0.25, 0.3) is 0 Å². The maximum Gasteiger partial charge on any atom is 0.412 e. The summed E-state index contributed by atoms with van der Waals surface area (Å²) in [4.78, 5) is 23.6. The van der Waals surface area contributed by atoms with Gasteiger partial charge in [-0.25, -0.2) is 4.79 Å². The SMILES string of the molecule is CC(C)(C)OC(=O)Nc1ccc(Br)c2c1CCC(=O)CC2. The Kier molecular flexibility index (Phi) is 4.71. The number of Topliss-reactive ketones (excluding diaryl/α,β-unsaturated/α-hetero) is 1. The molecule has 1 aliphatic carbocycles. The quantitative estimate of drug-likeness (QED) is 0.768. The smallest absolute Gasteiger partial charge is 0.412 e. The number of rotatable bonds is 1. The van der Waals surface area contributed by atoms with Gasteiger partial charge in [-0.3, -0.25) is 10.1 Å². The maximum atomic E-state index is 11.9. The lowest BCUT2D eigenvalue weighted by Crippen LogP contribution is -2.27. The fourth-order valence-electron chi connectivity index (χ4n) is 2.40. The van der Waals surface area contributed by atoms with Gasteiger partial charge >= 0.3 is 6.09 Å². The van der Waals surface area contributed by atoms with E-state index in [1.165, 1.54) is 0 Å². The maximum absolute atomic E-state index is 11.9. The highest BCUT2D eigenvalue weighted by molar-refractivity contribution is 9.10. The molecule has 1 aromatic rings. The van der Waals surface area contributed by atoms with Gasteiger partial charge in [-0.1, -0.05) is 15.9 Å². The van der Waals surface area contributed by atoms with Crippen molar-refractivity contribution in [1.82, 2.24) is 0 Å². The average molecular weight is 354 g/mol. The normalized spacial score (nSPS) is 15.1. The van der Waals surface area contributed by atoms with Crippen LogP contribution in [0.5, 0.6) is 0 Å². The van der Waals surface area contributed by atoms with E-state index < -0.39 is 11.7 Å². The molecular weight excluding hydrogens is 334 g/mol. The molecule has 1 N–H and O–H groups in total. The van der Waals surface area contributed by atoms with Crippen molar-refractivity contribution < 1.29 is 14.3 Å². The molecule has 0 spiro atoms. The number of benzene rings is 1. The second kappa shape index (κ2) is 6.18. The molecule has 0 saturated carbocycles. The fourth-order valence-corrected chi connectivity index (χ4v) is 2.97. The van der Waals surface area contributed by atoms with E-state index in [0.29, 0.717) is 25.7 Å². The third-order valence-corrected chi connectivity index (χ3v) is 4.06. The largest absolute Gasteiger partial charge is 0.444 e. The highest BCUT2D eigenvalue weighted by Gasteiger charge is 2.21. The summed E-state index contributed by atoms with van der Waals surface area (Å²) >= 11 is 3.53. The van der Waals surface area contributed by atoms with Crippen LogP contribution in [0.15, 0.2) is 16.6 Å². The number of amides is 1. The summed E-state index contributed by atoms with van der Waals surface area (Å²) in [7, 11) is 0. The Morgan fingerprint density at radius 1 is 1.14 bits per heavy atom. The number of carbonyl (C=O) groups is 2. The number of carbonyl (C=O) groups excluding carboxylic acids is 2. The molecule has 1 aromatic carbocycles. The summed E-state index contributed by atoms with van der Waals surface area (Å²) in [6.45, 7) is 5.48. The van der Waals surface area contributed by atoms with Gasteiger partial charge in [0.15, 0.2) is 0 Å². The highest BCUT2D eigenvalue weighted by atomic mass is 79.9. The van der Waals surface area contributed by atoms with Crippen LogP contribution >= 0.6 is 15.9 Å². The van der Waals surface area contributed by atoms with E-state index in [2.05, 4.69) is 21.2 Å². The van der Waals surface area contributed by atoms with E-state index in [4.69, 9.17) is 4.74 Å². The second-order valence-corrected chi connectivity index (χ2v) is 7.07. The zero-order valence-electron chi connectivity index (χ0n) is 12.6. The summed E-state index contributed by atoms with van der Waals surface area (Å²) in [5.41, 5.74) is 2.33. The van der Waals surface area contributed by atoms with E-state index in [-0.39, 0.29) is 5.78 Å². The van der Waals surface area contributed by atoms with Crippen LogP contribution in [-0.2, 0) is 22.4 Å². The lowest BCUT2D eigenvalue weighted by Gasteiger charge is -2.21. The minimum atomic E-state index is -0.535. The summed E-state index contributed by atoms with van der Waals surface area (Å²) in [5.74, 6) is 0.265. The fraction of sp³-hybridized carbons (Fsp3) is 0.500. The molecule has 0 atom stereocenters. The Morgan fingerprint density at radius 2 is 1.76 bits per heavy atom. The van der Waals surface area contributed by atoms with Gasteiger partial charge in [0, 0.05) is 23.0 Å². The molecule has 0 aromatic heterocycles. The van der Waals surface area contributed by atoms with E-state index in [0.717, 1.165) is 21.3 Å². The third kappa shape index (κ3) is 4.30. The van der Waals surface area contributed by atoms with Gasteiger partial charge in [-0.05, 0) is 56.9 Å². The first-order valence-electron chi connectivity index (χ1n) is 7.08. The monoisotopic (exact) mass is 353 g/mol. The van der Waals surface area contributed by atoms with Crippen LogP contribution in [0.3, 0.4) is 0 Å². The van der Waals surface area contributed by atoms with E-state index in [1.54, 1.807) is 0 Å². The van der Waals surface area contributed by atoms with Crippen molar-refractivity contribution in [2.45, 2.75) is 52.1 Å². The molecular formula is C16H20BrNO3. The second-order valence-electron chi connectivity index (χ2n) is 6.22. The molecule has 1 amide bonds. The molecule has 0 saturated heterocycles. The standard InChI is InChI=1S/C16H20BrNO3/c1-16(2,3)21-15(20)18-14-9-8-13(17)11-6-4-10(19)5-7-12(11)14/h8-9H,4-7H2,1-3H3,(H,18,20). The Morgan fingerprint density at radius 3 is 2.38 bits per heavy atom. The Bertz CT molecular complexity index is 576. The van der Waals surface area contributed by atoms with Gasteiger partial charge in [0.25, 0.3) is 0 Å². The number of ketones is 1. The molecule has 1 aliphatic rings. The van der Waals surface area contributed by atoms with Crippen LogP contribution < -0.4 is 5.32 Å². The Hall–Kier alpha value is -1.36. The molecule has 0 aliphatic heterocycles. The predicted molar refractivity (Wildman–Crippen MR) is 85.6 cm³/mol. The van der Waals surface area contributed by atoms with Crippen LogP contribution in [0, 0.1) is 0 Å². The minimum Gasteiger partial charge on any atom is -0.444 e. The highest BCUT2D eigenvalue weighted by Crippen LogP contribution is 2.32. The summed E-state index contributed by atoms with van der Waals surface area (Å²) in [6, 6.07) is 3.75. The van der Waals surface area contributed by atoms with Crippen LogP contribution in [0.2, 0.25) is 0 Å². The van der Waals surface area contributed by atoms with Gasteiger partial charge in [0.05, 0.1) is 0 Å². The van der Waals surface area contributed by atoms with Crippen LogP contribution in [0.1, 0.15) is 44.7 Å². The van der Waals surface area contributed by atoms with E-state index >= 15 is 0 Å². The summed E-state index contributed by atoms with van der Waals surface area (Å²) in [5, 5.41) is 2.80. The topological polar surface area (TPSA) is 55.4 Å². The third-order valence-electron chi connectivity index (χ3n) is 3.32. The predicted octanol–water partition coefficient (Wildman–Crippen LogP) is 4.24. The number of anilines is 1. The van der Waals surface area contributed by atoms with Crippen molar-refractivity contribution in [3.05, 3.63) is 27.7 Å². The van der Waals surface area contributed by atoms with E-state index in [1.807, 2.05) is 32.9 Å². The summed E-state index contributed by atoms with van der Waals surface area (Å²) in [6.07, 6.45) is 1.97. The molecule has 2 rings (SSSR count). The lowest BCUT2D eigenvalue weighted by atomic mass is 10.0. The van der Waals surface area contributed by atoms with Crippen molar-refractivity contribution in [2.75, 3.05) is 5.32 Å². The first-order chi connectivity index (χ1) is 9.76. The number of fused-ring (bicyclic) bond motifs is 1. The minimum absolute atomic E-state index is 0.265. The first-order valence-corrected chi connectivity index (χ1v) is 7.87. The molecule has 114 valence electrons. The molecule has 0 bridgehead atoms. The molecule has 0 radical (unpaired) electrons. The van der Waals surface area contributed by atoms with Crippen molar-refractivity contribution in [3.8, 4) is 0 Å². The number of hydrogen-bond acceptors (Lipinski definition) is 3. The number of hydrogen-bond donors (Lipinski definition) is 1. The van der Waals surface area contributed by atoms with Crippen molar-refractivity contribution in [2.24, 2.45) is 0 Å². The van der Waals surface area contributed by atoms with E-state index in [9.17, 15) is 9.59 Å². The zero-order valence-corrected chi connectivity index (χ0v) is 14.2. The molecule has 21 heavy (non-hydrogen) atoms. The number of nitrogens with one attached hydrogen (secondary N) is 1. The number of halogens is 1. The van der Waals surface area contributed by atoms with Crippen LogP contribution in [-0.4, -0.2) is 17.5 Å². The van der Waals surface area contributed by atoms with Crippen molar-refractivity contribution >= 4 is 33.5 Å². The molecule has 5 heteroatoms.